The van der Waals surface area contributed by atoms with Crippen molar-refractivity contribution in [3.8, 4) is 11.1 Å². The summed E-state index contributed by atoms with van der Waals surface area (Å²) in [6.07, 6.45) is 3.18. The first-order chi connectivity index (χ1) is 10.9. The van der Waals surface area contributed by atoms with Gasteiger partial charge in [0.15, 0.2) is 0 Å². The molecule has 23 heavy (non-hydrogen) atoms. The van der Waals surface area contributed by atoms with Gasteiger partial charge in [-0.05, 0) is 73.4 Å². The lowest BCUT2D eigenvalue weighted by Crippen LogP contribution is -2.37. The number of H-pyrrole nitrogens is 1. The lowest BCUT2D eigenvalue weighted by molar-refractivity contribution is 0.453. The molecule has 3 aromatic rings. The summed E-state index contributed by atoms with van der Waals surface area (Å²) in [6.45, 7) is 9.15. The molecule has 0 saturated carbocycles. The van der Waals surface area contributed by atoms with Crippen molar-refractivity contribution in [3.05, 3.63) is 53.7 Å². The first-order valence-electron chi connectivity index (χ1n) is 8.44. The van der Waals surface area contributed by atoms with Crippen LogP contribution >= 0.6 is 0 Å². The molecule has 2 N–H and O–H groups in total. The molecule has 2 nitrogen and oxygen atoms in total. The van der Waals surface area contributed by atoms with Gasteiger partial charge in [-0.1, -0.05) is 25.1 Å². The van der Waals surface area contributed by atoms with Gasteiger partial charge in [0.05, 0.1) is 5.52 Å². The Bertz CT molecular complexity index is 886. The van der Waals surface area contributed by atoms with Gasteiger partial charge in [0.1, 0.15) is 0 Å². The van der Waals surface area contributed by atoms with Crippen LogP contribution in [0.25, 0.3) is 22.0 Å². The van der Waals surface area contributed by atoms with Gasteiger partial charge in [-0.3, -0.25) is 0 Å². The Morgan fingerprint density at radius 1 is 1.13 bits per heavy atom. The van der Waals surface area contributed by atoms with E-state index in [1.807, 2.05) is 6.20 Å². The predicted octanol–water partition coefficient (Wildman–Crippen LogP) is 5.84. The zero-order chi connectivity index (χ0) is 16.2. The van der Waals surface area contributed by atoms with Crippen LogP contribution in [-0.2, 0) is 0 Å². The highest BCUT2D eigenvalue weighted by atomic mass is 15.0. The number of nitrogens with one attached hydrogen (secondary N) is 2. The third-order valence-electron chi connectivity index (χ3n) is 5.08. The third-order valence-corrected chi connectivity index (χ3v) is 5.08. The Hall–Kier alpha value is -2.22. The average Bonchev–Trinajstić information content (AvgIpc) is 2.95. The van der Waals surface area contributed by atoms with Crippen molar-refractivity contribution in [3.63, 3.8) is 0 Å². The number of para-hydroxylation sites is 1. The van der Waals surface area contributed by atoms with E-state index >= 15 is 0 Å². The fraction of sp³-hybridized carbons (Fsp3) is 0.333. The summed E-state index contributed by atoms with van der Waals surface area (Å²) in [4.78, 5) is 3.39. The van der Waals surface area contributed by atoms with E-state index < -0.39 is 0 Å². The maximum Gasteiger partial charge on any atom is 0.0533 e. The second-order valence-electron chi connectivity index (χ2n) is 7.62. The van der Waals surface area contributed by atoms with Crippen LogP contribution in [0.1, 0.15) is 44.2 Å². The van der Waals surface area contributed by atoms with Gasteiger partial charge < -0.3 is 10.3 Å². The fourth-order valence-corrected chi connectivity index (χ4v) is 4.12. The second kappa shape index (κ2) is 4.89. The number of anilines is 1. The standard InChI is InChI=1S/C21H24N2/c1-13-10-16(17-7-5-6-15-8-9-22-20(15)17)11-18-14(2)12-21(3,4)23-19(13)18/h5-11,14,22-23H,12H2,1-4H3. The van der Waals surface area contributed by atoms with Crippen LogP contribution in [0, 0.1) is 6.92 Å². The number of fused-ring (bicyclic) bond motifs is 2. The van der Waals surface area contributed by atoms with Crippen LogP contribution in [-0.4, -0.2) is 10.5 Å². The Balaban J connectivity index is 1.91. The van der Waals surface area contributed by atoms with Crippen molar-refractivity contribution in [2.75, 3.05) is 5.32 Å². The van der Waals surface area contributed by atoms with E-state index in [2.05, 4.69) is 74.4 Å². The van der Waals surface area contributed by atoms with Crippen molar-refractivity contribution in [2.24, 2.45) is 0 Å². The van der Waals surface area contributed by atoms with E-state index in [4.69, 9.17) is 0 Å². The highest BCUT2D eigenvalue weighted by molar-refractivity contribution is 5.94. The third kappa shape index (κ3) is 2.33. The van der Waals surface area contributed by atoms with E-state index in [1.165, 1.54) is 38.8 Å². The molecular formula is C21H24N2. The molecule has 0 spiro atoms. The van der Waals surface area contributed by atoms with E-state index in [9.17, 15) is 0 Å². The van der Waals surface area contributed by atoms with Crippen molar-refractivity contribution in [2.45, 2.75) is 45.6 Å². The van der Waals surface area contributed by atoms with Crippen LogP contribution in [0.3, 0.4) is 0 Å². The van der Waals surface area contributed by atoms with Gasteiger partial charge in [-0.25, -0.2) is 0 Å². The minimum absolute atomic E-state index is 0.165. The summed E-state index contributed by atoms with van der Waals surface area (Å²) in [5, 5.41) is 5.01. The number of aromatic amines is 1. The Labute approximate surface area is 137 Å². The number of aromatic nitrogens is 1. The maximum atomic E-state index is 3.74. The molecule has 0 radical (unpaired) electrons. The molecule has 0 saturated heterocycles. The van der Waals surface area contributed by atoms with E-state index in [1.54, 1.807) is 0 Å². The van der Waals surface area contributed by atoms with Gasteiger partial charge in [0, 0.05) is 23.0 Å². The Morgan fingerprint density at radius 3 is 2.78 bits per heavy atom. The van der Waals surface area contributed by atoms with Crippen LogP contribution < -0.4 is 5.32 Å². The molecule has 118 valence electrons. The summed E-state index contributed by atoms with van der Waals surface area (Å²) >= 11 is 0. The Kier molecular flexibility index (Phi) is 3.06. The SMILES string of the molecule is Cc1cc(-c2cccc3cc[nH]c23)cc2c1NC(C)(C)CC2C. The number of hydrogen-bond acceptors (Lipinski definition) is 1. The summed E-state index contributed by atoms with van der Waals surface area (Å²) < 4.78 is 0. The van der Waals surface area contributed by atoms with Gasteiger partial charge in [0.2, 0.25) is 0 Å². The quantitative estimate of drug-likeness (QED) is 0.580. The second-order valence-corrected chi connectivity index (χ2v) is 7.62. The van der Waals surface area contributed by atoms with Crippen LogP contribution in [0.5, 0.6) is 0 Å². The zero-order valence-electron chi connectivity index (χ0n) is 14.3. The molecule has 1 unspecified atom stereocenters. The van der Waals surface area contributed by atoms with Crippen molar-refractivity contribution >= 4 is 16.6 Å². The Morgan fingerprint density at radius 2 is 1.96 bits per heavy atom. The minimum Gasteiger partial charge on any atom is -0.380 e. The van der Waals surface area contributed by atoms with Gasteiger partial charge in [-0.15, -0.1) is 0 Å². The first kappa shape index (κ1) is 14.4. The normalized spacial score (nSPS) is 19.4. The van der Waals surface area contributed by atoms with Crippen molar-refractivity contribution < 1.29 is 0 Å². The molecule has 0 bridgehead atoms. The van der Waals surface area contributed by atoms with E-state index in [0.717, 1.165) is 6.42 Å². The topological polar surface area (TPSA) is 27.8 Å². The van der Waals surface area contributed by atoms with Crippen molar-refractivity contribution in [1.82, 2.24) is 4.98 Å². The lowest BCUT2D eigenvalue weighted by atomic mass is 9.80. The molecule has 1 atom stereocenters. The molecule has 0 aliphatic carbocycles. The smallest absolute Gasteiger partial charge is 0.0533 e. The predicted molar refractivity (Wildman–Crippen MR) is 99.2 cm³/mol. The van der Waals surface area contributed by atoms with Crippen LogP contribution in [0.4, 0.5) is 5.69 Å². The van der Waals surface area contributed by atoms with E-state index in [0.29, 0.717) is 5.92 Å². The largest absolute Gasteiger partial charge is 0.380 e. The molecule has 2 heterocycles. The fourth-order valence-electron chi connectivity index (χ4n) is 4.12. The first-order valence-corrected chi connectivity index (χ1v) is 8.44. The molecule has 0 fully saturated rings. The number of aryl methyl sites for hydroxylation is 1. The van der Waals surface area contributed by atoms with Gasteiger partial charge in [0.25, 0.3) is 0 Å². The highest BCUT2D eigenvalue weighted by Gasteiger charge is 2.30. The zero-order valence-corrected chi connectivity index (χ0v) is 14.3. The molecule has 1 aliphatic rings. The summed E-state index contributed by atoms with van der Waals surface area (Å²) in [7, 11) is 0. The molecule has 1 aromatic heterocycles. The molecule has 4 rings (SSSR count). The monoisotopic (exact) mass is 304 g/mol. The van der Waals surface area contributed by atoms with Gasteiger partial charge >= 0.3 is 0 Å². The average molecular weight is 304 g/mol. The van der Waals surface area contributed by atoms with Crippen molar-refractivity contribution in [1.29, 1.82) is 0 Å². The molecular weight excluding hydrogens is 280 g/mol. The molecule has 0 amide bonds. The van der Waals surface area contributed by atoms with E-state index in [-0.39, 0.29) is 5.54 Å². The lowest BCUT2D eigenvalue weighted by Gasteiger charge is -2.38. The number of benzene rings is 2. The summed E-state index contributed by atoms with van der Waals surface area (Å²) in [6, 6.07) is 13.3. The number of hydrogen-bond donors (Lipinski definition) is 2. The maximum absolute atomic E-state index is 3.74. The molecule has 2 heteroatoms. The van der Waals surface area contributed by atoms with Crippen LogP contribution in [0.2, 0.25) is 0 Å². The molecule has 1 aliphatic heterocycles. The van der Waals surface area contributed by atoms with Gasteiger partial charge in [-0.2, -0.15) is 0 Å². The summed E-state index contributed by atoms with van der Waals surface area (Å²) in [5.41, 5.74) is 8.10. The minimum atomic E-state index is 0.165. The summed E-state index contributed by atoms with van der Waals surface area (Å²) in [5.74, 6) is 0.572. The number of rotatable bonds is 1. The van der Waals surface area contributed by atoms with Crippen LogP contribution in [0.15, 0.2) is 42.6 Å². The highest BCUT2D eigenvalue weighted by Crippen LogP contribution is 2.43. The molecule has 2 aromatic carbocycles.